The summed E-state index contributed by atoms with van der Waals surface area (Å²) in [7, 11) is 0. The van der Waals surface area contributed by atoms with Crippen molar-refractivity contribution >= 4 is 56.5 Å². The van der Waals surface area contributed by atoms with E-state index in [-0.39, 0.29) is 0 Å². The zero-order valence-electron chi connectivity index (χ0n) is 26.8. The summed E-state index contributed by atoms with van der Waals surface area (Å²) >= 11 is 1.70. The Kier molecular flexibility index (Phi) is 9.20. The maximum atomic E-state index is 5.82. The van der Waals surface area contributed by atoms with Gasteiger partial charge in [0.05, 0.1) is 16.8 Å². The zero-order valence-corrected chi connectivity index (χ0v) is 27.6. The number of fused-ring (bicyclic) bond motifs is 1. The summed E-state index contributed by atoms with van der Waals surface area (Å²) in [5, 5.41) is 11.0. The van der Waals surface area contributed by atoms with Gasteiger partial charge in [0.1, 0.15) is 10.8 Å². The maximum absolute atomic E-state index is 5.82. The molecule has 2 heterocycles. The number of aryl methyl sites for hydroxylation is 1. The van der Waals surface area contributed by atoms with Crippen LogP contribution in [0.25, 0.3) is 31.9 Å². The van der Waals surface area contributed by atoms with Crippen LogP contribution in [0.5, 0.6) is 5.75 Å². The molecule has 5 aromatic carbocycles. The Morgan fingerprint density at radius 3 is 1.71 bits per heavy atom. The highest BCUT2D eigenvalue weighted by Gasteiger charge is 2.11. The number of unbranched alkanes of at least 4 members (excludes halogenated alkanes) is 1. The molecule has 7 aromatic rings. The molecule has 0 saturated carbocycles. The van der Waals surface area contributed by atoms with Crippen LogP contribution in [-0.2, 0) is 0 Å². The van der Waals surface area contributed by atoms with Crippen molar-refractivity contribution in [1.29, 1.82) is 0 Å². The number of hydrogen-bond donors (Lipinski definition) is 3. The van der Waals surface area contributed by atoms with Crippen LogP contribution in [0.15, 0.2) is 121 Å². The molecule has 0 bridgehead atoms. The van der Waals surface area contributed by atoms with Crippen LogP contribution < -0.4 is 20.7 Å². The van der Waals surface area contributed by atoms with Gasteiger partial charge in [-0.15, -0.1) is 11.3 Å². The van der Waals surface area contributed by atoms with E-state index in [1.54, 1.807) is 11.3 Å². The lowest BCUT2D eigenvalue weighted by Gasteiger charge is -2.12. The quantitative estimate of drug-likeness (QED) is 0.113. The predicted molar refractivity (Wildman–Crippen MR) is 198 cm³/mol. The largest absolute Gasteiger partial charge is 0.494 e. The van der Waals surface area contributed by atoms with Crippen molar-refractivity contribution in [2.75, 3.05) is 22.6 Å². The third kappa shape index (κ3) is 7.59. The summed E-state index contributed by atoms with van der Waals surface area (Å²) in [5.41, 5.74) is 8.14. The minimum Gasteiger partial charge on any atom is -0.494 e. The molecule has 0 fully saturated rings. The predicted octanol–water partition coefficient (Wildman–Crippen LogP) is 10.5. The second-order valence-electron chi connectivity index (χ2n) is 11.4. The van der Waals surface area contributed by atoms with Crippen molar-refractivity contribution in [1.82, 2.24) is 19.9 Å². The molecule has 8 nitrogen and oxygen atoms in total. The second-order valence-corrected chi connectivity index (χ2v) is 12.4. The van der Waals surface area contributed by atoms with E-state index in [2.05, 4.69) is 89.4 Å². The minimum absolute atomic E-state index is 0.400. The highest BCUT2D eigenvalue weighted by atomic mass is 32.1. The topological polar surface area (TPSA) is 96.9 Å². The van der Waals surface area contributed by atoms with Crippen LogP contribution in [0.4, 0.5) is 34.9 Å². The number of hydrogen-bond acceptors (Lipinski definition) is 9. The van der Waals surface area contributed by atoms with Gasteiger partial charge in [0.2, 0.25) is 17.8 Å². The summed E-state index contributed by atoms with van der Waals surface area (Å²) in [6.07, 6.45) is 2.12. The summed E-state index contributed by atoms with van der Waals surface area (Å²) in [4.78, 5) is 18.9. The Labute approximate surface area is 284 Å². The van der Waals surface area contributed by atoms with Gasteiger partial charge in [-0.3, -0.25) is 0 Å². The van der Waals surface area contributed by atoms with Gasteiger partial charge in [-0.25, -0.2) is 4.98 Å². The molecule has 238 valence electrons. The molecule has 0 aliphatic carbocycles. The van der Waals surface area contributed by atoms with Gasteiger partial charge in [0, 0.05) is 22.6 Å². The fourth-order valence-corrected chi connectivity index (χ4v) is 6.20. The molecule has 0 spiro atoms. The molecule has 0 atom stereocenters. The lowest BCUT2D eigenvalue weighted by molar-refractivity contribution is 0.309. The van der Waals surface area contributed by atoms with E-state index in [1.807, 2.05) is 66.7 Å². The van der Waals surface area contributed by atoms with Gasteiger partial charge in [0.25, 0.3) is 0 Å². The normalized spacial score (nSPS) is 11.0. The number of anilines is 6. The second kappa shape index (κ2) is 14.3. The molecule has 2 aromatic heterocycles. The molecule has 7 rings (SSSR count). The molecular weight excluding hydrogens is 615 g/mol. The van der Waals surface area contributed by atoms with E-state index >= 15 is 0 Å². The molecule has 0 unspecified atom stereocenters. The van der Waals surface area contributed by atoms with Crippen molar-refractivity contribution in [3.05, 3.63) is 127 Å². The van der Waals surface area contributed by atoms with E-state index in [0.717, 1.165) is 62.9 Å². The van der Waals surface area contributed by atoms with Crippen molar-refractivity contribution in [3.8, 4) is 27.4 Å². The van der Waals surface area contributed by atoms with Gasteiger partial charge in [-0.2, -0.15) is 15.0 Å². The first-order valence-corrected chi connectivity index (χ1v) is 16.8. The fraction of sp³-hybridized carbons (Fsp3) is 0.128. The number of nitrogens with one attached hydrogen (secondary N) is 3. The molecule has 3 N–H and O–H groups in total. The number of benzene rings is 5. The number of rotatable bonds is 12. The lowest BCUT2D eigenvalue weighted by atomic mass is 10.1. The first-order valence-electron chi connectivity index (χ1n) is 16.0. The van der Waals surface area contributed by atoms with E-state index in [4.69, 9.17) is 19.7 Å². The van der Waals surface area contributed by atoms with Crippen molar-refractivity contribution in [2.24, 2.45) is 0 Å². The highest BCUT2D eigenvalue weighted by Crippen LogP contribution is 2.32. The number of thiazole rings is 1. The first kappa shape index (κ1) is 30.8. The minimum atomic E-state index is 0.400. The Bertz CT molecular complexity index is 2110. The average Bonchev–Trinajstić information content (AvgIpc) is 3.53. The van der Waals surface area contributed by atoms with Crippen LogP contribution in [0.3, 0.4) is 0 Å². The van der Waals surface area contributed by atoms with Crippen molar-refractivity contribution < 1.29 is 4.74 Å². The third-order valence-corrected chi connectivity index (χ3v) is 8.76. The van der Waals surface area contributed by atoms with Crippen molar-refractivity contribution in [3.63, 3.8) is 0 Å². The summed E-state index contributed by atoms with van der Waals surface area (Å²) in [5.74, 6) is 2.04. The number of nitrogens with zero attached hydrogens (tertiary/aromatic N) is 4. The number of aromatic nitrogens is 4. The van der Waals surface area contributed by atoms with E-state index in [0.29, 0.717) is 24.5 Å². The van der Waals surface area contributed by atoms with E-state index in [9.17, 15) is 0 Å². The first-order chi connectivity index (χ1) is 23.6. The van der Waals surface area contributed by atoms with Crippen molar-refractivity contribution in [2.45, 2.75) is 26.7 Å². The molecule has 0 aliphatic rings. The smallest absolute Gasteiger partial charge is 0.233 e. The zero-order chi connectivity index (χ0) is 32.7. The lowest BCUT2D eigenvalue weighted by Crippen LogP contribution is -2.07. The average molecular weight is 650 g/mol. The molecule has 0 aliphatic heterocycles. The Balaban J connectivity index is 1.12. The van der Waals surface area contributed by atoms with Crippen LogP contribution in [0.1, 0.15) is 25.3 Å². The standard InChI is InChI=1S/C39H35N7OS/c1-3-4-24-47-33-21-19-32(20-22-33)42-39-45-37(40-30-15-11-28(12-16-30)27-8-6-5-7-9-27)44-38(46-39)41-31-17-13-29(14-18-31)36-43-34-23-10-26(2)25-35(34)48-36/h5-23,25H,3-4,24H2,1-2H3,(H3,40,41,42,44,45,46). The summed E-state index contributed by atoms with van der Waals surface area (Å²) < 4.78 is 7.01. The third-order valence-electron chi connectivity index (χ3n) is 7.69. The summed E-state index contributed by atoms with van der Waals surface area (Å²) in [6, 6.07) is 40.8. The summed E-state index contributed by atoms with van der Waals surface area (Å²) in [6.45, 7) is 4.95. The Morgan fingerprint density at radius 2 is 1.12 bits per heavy atom. The molecule has 48 heavy (non-hydrogen) atoms. The van der Waals surface area contributed by atoms with Gasteiger partial charge in [-0.1, -0.05) is 61.9 Å². The molecule has 0 saturated heterocycles. The maximum Gasteiger partial charge on any atom is 0.233 e. The van der Waals surface area contributed by atoms with Crippen LogP contribution in [0.2, 0.25) is 0 Å². The monoisotopic (exact) mass is 649 g/mol. The van der Waals surface area contributed by atoms with E-state index < -0.39 is 0 Å². The molecule has 9 heteroatoms. The van der Waals surface area contributed by atoms with Crippen LogP contribution in [0, 0.1) is 6.92 Å². The fourth-order valence-electron chi connectivity index (χ4n) is 5.13. The van der Waals surface area contributed by atoms with Gasteiger partial charge in [-0.05, 0) is 103 Å². The van der Waals surface area contributed by atoms with Gasteiger partial charge >= 0.3 is 0 Å². The Morgan fingerprint density at radius 1 is 0.583 bits per heavy atom. The van der Waals surface area contributed by atoms with Gasteiger partial charge in [0.15, 0.2) is 0 Å². The van der Waals surface area contributed by atoms with Gasteiger partial charge < -0.3 is 20.7 Å². The van der Waals surface area contributed by atoms with Crippen LogP contribution >= 0.6 is 11.3 Å². The SMILES string of the molecule is CCCCOc1ccc(Nc2nc(Nc3ccc(-c4ccccc4)cc3)nc(Nc3ccc(-c4nc5ccc(C)cc5s4)cc3)n2)cc1. The van der Waals surface area contributed by atoms with E-state index in [1.165, 1.54) is 10.3 Å². The molecular formula is C39H35N7OS. The Hall–Kier alpha value is -5.80. The van der Waals surface area contributed by atoms with Crippen LogP contribution in [-0.4, -0.2) is 26.5 Å². The molecule has 0 radical (unpaired) electrons. The number of ether oxygens (including phenoxy) is 1. The highest BCUT2D eigenvalue weighted by molar-refractivity contribution is 7.21. The molecule has 0 amide bonds.